The minimum absolute atomic E-state index is 0.174. The van der Waals surface area contributed by atoms with E-state index < -0.39 is 6.04 Å². The lowest BCUT2D eigenvalue weighted by Gasteiger charge is -2.18. The summed E-state index contributed by atoms with van der Waals surface area (Å²) in [5.41, 5.74) is 3.04. The second-order valence-electron chi connectivity index (χ2n) is 8.47. The van der Waals surface area contributed by atoms with Gasteiger partial charge in [0.15, 0.2) is 0 Å². The average molecular weight is 437 g/mol. The molecule has 33 heavy (non-hydrogen) atoms. The van der Waals surface area contributed by atoms with E-state index in [1.165, 1.54) is 0 Å². The lowest BCUT2D eigenvalue weighted by molar-refractivity contribution is 0.0918. The number of carbonyl (C=O) groups excluding carboxylic acids is 1. The molecule has 0 spiro atoms. The number of hydrogen-bond donors (Lipinski definition) is 3. The van der Waals surface area contributed by atoms with Crippen LogP contribution in [0.15, 0.2) is 83.7 Å². The van der Waals surface area contributed by atoms with Gasteiger partial charge in [0, 0.05) is 21.9 Å². The summed E-state index contributed by atoms with van der Waals surface area (Å²) >= 11 is 0. The van der Waals surface area contributed by atoms with Crippen molar-refractivity contribution in [3.8, 4) is 0 Å². The molecule has 0 unspecified atom stereocenters. The molecule has 0 saturated carbocycles. The summed E-state index contributed by atoms with van der Waals surface area (Å²) in [6, 6.07) is 24.6. The fourth-order valence-corrected chi connectivity index (χ4v) is 4.46. The van der Waals surface area contributed by atoms with E-state index in [9.17, 15) is 14.7 Å². The Kier molecular flexibility index (Phi) is 5.40. The van der Waals surface area contributed by atoms with Crippen molar-refractivity contribution >= 4 is 38.4 Å². The smallest absolute Gasteiger partial charge is 0.256 e. The van der Waals surface area contributed by atoms with Gasteiger partial charge in [-0.3, -0.25) is 9.59 Å². The molecule has 0 fully saturated rings. The molecule has 0 aliphatic rings. The quantitative estimate of drug-likeness (QED) is 0.281. The molecule has 164 valence electrons. The van der Waals surface area contributed by atoms with Crippen LogP contribution >= 0.6 is 0 Å². The van der Waals surface area contributed by atoms with Crippen LogP contribution < -0.4 is 10.9 Å². The molecule has 5 rings (SSSR count). The summed E-state index contributed by atoms with van der Waals surface area (Å²) in [4.78, 5) is 29.1. The molecule has 3 N–H and O–H groups in total. The third-order valence-corrected chi connectivity index (χ3v) is 6.08. The molecule has 5 heteroatoms. The van der Waals surface area contributed by atoms with E-state index in [1.54, 1.807) is 18.2 Å². The molecule has 5 aromatic rings. The Morgan fingerprint density at radius 3 is 2.52 bits per heavy atom. The highest BCUT2D eigenvalue weighted by atomic mass is 16.3. The SMILES string of the molecule is Cc1ccc2cc3c(cc2c1)c(=O)[nH]c1cccc(C(=O)N[C@H](CO)Cc2ccccc2)c13. The Bertz CT molecular complexity index is 1550. The summed E-state index contributed by atoms with van der Waals surface area (Å²) in [5.74, 6) is -0.284. The number of aryl methyl sites for hydroxylation is 1. The van der Waals surface area contributed by atoms with Gasteiger partial charge < -0.3 is 15.4 Å². The molecule has 1 heterocycles. The van der Waals surface area contributed by atoms with E-state index in [1.807, 2.05) is 67.6 Å². The number of aliphatic hydroxyl groups is 1. The highest BCUT2D eigenvalue weighted by molar-refractivity contribution is 6.18. The normalized spacial score (nSPS) is 12.3. The van der Waals surface area contributed by atoms with Crippen molar-refractivity contribution in [2.45, 2.75) is 19.4 Å². The maximum atomic E-state index is 13.3. The number of rotatable bonds is 5. The second-order valence-corrected chi connectivity index (χ2v) is 8.47. The zero-order chi connectivity index (χ0) is 22.9. The number of H-pyrrole nitrogens is 1. The fourth-order valence-electron chi connectivity index (χ4n) is 4.46. The third-order valence-electron chi connectivity index (χ3n) is 6.08. The van der Waals surface area contributed by atoms with Gasteiger partial charge in [-0.1, -0.05) is 60.2 Å². The van der Waals surface area contributed by atoms with Crippen LogP contribution in [0.4, 0.5) is 0 Å². The maximum absolute atomic E-state index is 13.3. The van der Waals surface area contributed by atoms with Crippen LogP contribution in [-0.4, -0.2) is 28.6 Å². The first-order valence-electron chi connectivity index (χ1n) is 11.0. The van der Waals surface area contributed by atoms with Crippen LogP contribution in [0.3, 0.4) is 0 Å². The zero-order valence-electron chi connectivity index (χ0n) is 18.3. The number of nitrogens with one attached hydrogen (secondary N) is 2. The molecular weight excluding hydrogens is 412 g/mol. The van der Waals surface area contributed by atoms with Crippen LogP contribution in [-0.2, 0) is 6.42 Å². The van der Waals surface area contributed by atoms with Gasteiger partial charge in [0.25, 0.3) is 11.5 Å². The van der Waals surface area contributed by atoms with Crippen LogP contribution in [0.2, 0.25) is 0 Å². The van der Waals surface area contributed by atoms with E-state index in [0.29, 0.717) is 28.3 Å². The Balaban J connectivity index is 1.62. The summed E-state index contributed by atoms with van der Waals surface area (Å²) < 4.78 is 0. The number of aromatic nitrogens is 1. The molecule has 0 bridgehead atoms. The van der Waals surface area contributed by atoms with Gasteiger partial charge in [-0.05, 0) is 59.3 Å². The molecule has 0 aliphatic carbocycles. The molecule has 0 aliphatic heterocycles. The Morgan fingerprint density at radius 2 is 1.73 bits per heavy atom. The number of pyridine rings is 1. The van der Waals surface area contributed by atoms with E-state index in [0.717, 1.165) is 27.3 Å². The van der Waals surface area contributed by atoms with Crippen molar-refractivity contribution in [1.82, 2.24) is 10.3 Å². The third kappa shape index (κ3) is 3.99. The van der Waals surface area contributed by atoms with E-state index in [4.69, 9.17) is 0 Å². The minimum atomic E-state index is -0.423. The molecule has 0 saturated heterocycles. The standard InChI is InChI=1S/C28H24N2O3/c1-17-10-11-19-14-23-24(15-20(19)12-17)28(33)30-25-9-5-8-22(26(23)25)27(32)29-21(16-31)13-18-6-3-2-4-7-18/h2-12,14-15,21,31H,13,16H2,1H3,(H,29,32)(H,30,33)/t21-/m0/s1. The molecular formula is C28H24N2O3. The number of aliphatic hydroxyl groups excluding tert-OH is 1. The molecule has 5 nitrogen and oxygen atoms in total. The van der Waals surface area contributed by atoms with Gasteiger partial charge in [-0.2, -0.15) is 0 Å². The number of amides is 1. The van der Waals surface area contributed by atoms with Gasteiger partial charge in [-0.25, -0.2) is 0 Å². The first-order chi connectivity index (χ1) is 16.0. The summed E-state index contributed by atoms with van der Waals surface area (Å²) in [6.45, 7) is 1.84. The van der Waals surface area contributed by atoms with Crippen molar-refractivity contribution in [3.63, 3.8) is 0 Å². The number of benzene rings is 4. The molecule has 4 aromatic carbocycles. The fraction of sp³-hybridized carbons (Fsp3) is 0.143. The van der Waals surface area contributed by atoms with E-state index in [-0.39, 0.29) is 18.1 Å². The summed E-state index contributed by atoms with van der Waals surface area (Å²) in [6.07, 6.45) is 0.523. The molecule has 0 radical (unpaired) electrons. The minimum Gasteiger partial charge on any atom is -0.394 e. The highest BCUT2D eigenvalue weighted by Crippen LogP contribution is 2.29. The second kappa shape index (κ2) is 8.52. The number of hydrogen-bond acceptors (Lipinski definition) is 3. The van der Waals surface area contributed by atoms with Crippen LogP contribution in [0.1, 0.15) is 21.5 Å². The van der Waals surface area contributed by atoms with Gasteiger partial charge in [0.1, 0.15) is 0 Å². The van der Waals surface area contributed by atoms with Gasteiger partial charge in [-0.15, -0.1) is 0 Å². The Labute approximate surface area is 190 Å². The summed E-state index contributed by atoms with van der Waals surface area (Å²) in [5, 5.41) is 16.8. The van der Waals surface area contributed by atoms with Crippen molar-refractivity contribution in [3.05, 3.63) is 106 Å². The predicted octanol–water partition coefficient (Wildman–Crippen LogP) is 4.48. The predicted molar refractivity (Wildman–Crippen MR) is 133 cm³/mol. The monoisotopic (exact) mass is 436 g/mol. The maximum Gasteiger partial charge on any atom is 0.256 e. The van der Waals surface area contributed by atoms with Gasteiger partial charge >= 0.3 is 0 Å². The van der Waals surface area contributed by atoms with Crippen LogP contribution in [0.25, 0.3) is 32.4 Å². The summed E-state index contributed by atoms with van der Waals surface area (Å²) in [7, 11) is 0. The average Bonchev–Trinajstić information content (AvgIpc) is 2.83. The number of aromatic amines is 1. The lowest BCUT2D eigenvalue weighted by Crippen LogP contribution is -2.39. The molecule has 1 atom stereocenters. The first-order valence-corrected chi connectivity index (χ1v) is 11.0. The largest absolute Gasteiger partial charge is 0.394 e. The Hall–Kier alpha value is -3.96. The number of fused-ring (bicyclic) bond motifs is 4. The van der Waals surface area contributed by atoms with Gasteiger partial charge in [0.05, 0.1) is 12.6 Å². The van der Waals surface area contributed by atoms with Crippen molar-refractivity contribution in [2.75, 3.05) is 6.61 Å². The van der Waals surface area contributed by atoms with Gasteiger partial charge in [0.2, 0.25) is 0 Å². The van der Waals surface area contributed by atoms with Crippen LogP contribution in [0, 0.1) is 6.92 Å². The lowest BCUT2D eigenvalue weighted by atomic mass is 9.97. The molecule has 1 aromatic heterocycles. The van der Waals surface area contributed by atoms with Crippen LogP contribution in [0.5, 0.6) is 0 Å². The van der Waals surface area contributed by atoms with Crippen molar-refractivity contribution in [2.24, 2.45) is 0 Å². The zero-order valence-corrected chi connectivity index (χ0v) is 18.3. The molecule has 1 amide bonds. The van der Waals surface area contributed by atoms with Crippen molar-refractivity contribution in [1.29, 1.82) is 0 Å². The highest BCUT2D eigenvalue weighted by Gasteiger charge is 2.18. The Morgan fingerprint density at radius 1 is 0.939 bits per heavy atom. The first kappa shape index (κ1) is 20.9. The topological polar surface area (TPSA) is 82.2 Å². The number of carbonyl (C=O) groups is 1. The van der Waals surface area contributed by atoms with E-state index in [2.05, 4.69) is 10.3 Å². The van der Waals surface area contributed by atoms with Crippen molar-refractivity contribution < 1.29 is 9.90 Å². The van der Waals surface area contributed by atoms with E-state index >= 15 is 0 Å².